The minimum atomic E-state index is -4.75. The minimum absolute atomic E-state index is 0.103. The number of ether oxygens (including phenoxy) is 1. The Labute approximate surface area is 181 Å². The molecule has 2 aromatic rings. The van der Waals surface area contributed by atoms with Crippen LogP contribution in [0.15, 0.2) is 29.3 Å². The first-order valence-electron chi connectivity index (χ1n) is 9.39. The third-order valence-electron chi connectivity index (χ3n) is 4.96. The molecule has 0 aliphatic carbocycles. The molecule has 0 unspecified atom stereocenters. The van der Waals surface area contributed by atoms with Gasteiger partial charge in [-0.15, -0.1) is 0 Å². The van der Waals surface area contributed by atoms with Crippen molar-refractivity contribution in [1.82, 2.24) is 9.47 Å². The molecule has 3 N–H and O–H groups in total. The standard InChI is InChI=1S/C20H21ClF3N5O2/c1-12-16(13-2-4-14(21)5-3-13)17(19(30)28-6-8-31-9-7-28)29(10-15(26)27-11-25)18(12)20(22,23)24/h2-5,11H,6-10H2,1H3,(H3,25,26,27). The molecule has 0 atom stereocenters. The van der Waals surface area contributed by atoms with E-state index in [0.717, 1.165) is 4.57 Å². The molecule has 0 spiro atoms. The lowest BCUT2D eigenvalue weighted by molar-refractivity contribution is -0.143. The summed E-state index contributed by atoms with van der Waals surface area (Å²) in [5.74, 6) is -0.788. The van der Waals surface area contributed by atoms with E-state index in [9.17, 15) is 18.0 Å². The summed E-state index contributed by atoms with van der Waals surface area (Å²) in [4.78, 5) is 18.5. The van der Waals surface area contributed by atoms with Crippen LogP contribution in [0.4, 0.5) is 13.2 Å². The van der Waals surface area contributed by atoms with Crippen LogP contribution in [0.2, 0.25) is 5.02 Å². The van der Waals surface area contributed by atoms with Gasteiger partial charge in [0, 0.05) is 23.7 Å². The van der Waals surface area contributed by atoms with Crippen molar-refractivity contribution in [1.29, 1.82) is 5.41 Å². The zero-order valence-corrected chi connectivity index (χ0v) is 17.4. The Hall–Kier alpha value is -2.85. The van der Waals surface area contributed by atoms with Crippen LogP contribution in [0.25, 0.3) is 11.1 Å². The normalized spacial score (nSPS) is 15.3. The van der Waals surface area contributed by atoms with Crippen LogP contribution in [0, 0.1) is 12.3 Å². The van der Waals surface area contributed by atoms with Crippen LogP contribution in [-0.4, -0.2) is 53.9 Å². The number of amidine groups is 1. The molecule has 1 aromatic carbocycles. The highest BCUT2D eigenvalue weighted by Crippen LogP contribution is 2.41. The van der Waals surface area contributed by atoms with Crippen LogP contribution >= 0.6 is 11.6 Å². The Bertz CT molecular complexity index is 1010. The fourth-order valence-corrected chi connectivity index (χ4v) is 3.79. The summed E-state index contributed by atoms with van der Waals surface area (Å²) in [5, 5.41) is 7.47. The van der Waals surface area contributed by atoms with Crippen LogP contribution in [0.5, 0.6) is 0 Å². The molecule has 31 heavy (non-hydrogen) atoms. The number of carbonyl (C=O) groups is 1. The molecule has 2 heterocycles. The van der Waals surface area contributed by atoms with E-state index < -0.39 is 24.3 Å². The monoisotopic (exact) mass is 455 g/mol. The van der Waals surface area contributed by atoms with Crippen LogP contribution in [0.3, 0.4) is 0 Å². The molecule has 11 heteroatoms. The molecule has 1 amide bonds. The molecule has 1 aliphatic heterocycles. The summed E-state index contributed by atoms with van der Waals surface area (Å²) in [6, 6.07) is 6.24. The first kappa shape index (κ1) is 22.8. The van der Waals surface area contributed by atoms with Crippen molar-refractivity contribution in [3.05, 3.63) is 46.2 Å². The number of nitrogens with one attached hydrogen (secondary N) is 1. The lowest BCUT2D eigenvalue weighted by Crippen LogP contribution is -2.42. The van der Waals surface area contributed by atoms with Crippen molar-refractivity contribution in [3.8, 4) is 11.1 Å². The van der Waals surface area contributed by atoms with Crippen molar-refractivity contribution < 1.29 is 22.7 Å². The molecule has 1 saturated heterocycles. The average Bonchev–Trinajstić information content (AvgIpc) is 3.00. The second-order valence-corrected chi connectivity index (χ2v) is 7.38. The van der Waals surface area contributed by atoms with Gasteiger partial charge in [0.25, 0.3) is 5.91 Å². The predicted octanol–water partition coefficient (Wildman–Crippen LogP) is 3.57. The largest absolute Gasteiger partial charge is 0.431 e. The minimum Gasteiger partial charge on any atom is -0.386 e. The Morgan fingerprint density at radius 1 is 1.29 bits per heavy atom. The molecule has 3 rings (SSSR count). The third kappa shape index (κ3) is 4.75. The average molecular weight is 456 g/mol. The fourth-order valence-electron chi connectivity index (χ4n) is 3.66. The zero-order valence-electron chi connectivity index (χ0n) is 16.7. The van der Waals surface area contributed by atoms with E-state index >= 15 is 0 Å². The van der Waals surface area contributed by atoms with Crippen molar-refractivity contribution in [2.75, 3.05) is 26.3 Å². The number of rotatable bonds is 5. The smallest absolute Gasteiger partial charge is 0.386 e. The number of amides is 1. The Morgan fingerprint density at radius 2 is 1.90 bits per heavy atom. The van der Waals surface area contributed by atoms with Gasteiger partial charge in [0.15, 0.2) is 0 Å². The molecule has 0 radical (unpaired) electrons. The number of nitrogens with two attached hydrogens (primary N) is 1. The van der Waals surface area contributed by atoms with Crippen LogP contribution in [0.1, 0.15) is 21.7 Å². The maximum atomic E-state index is 14.1. The molecular weight excluding hydrogens is 435 g/mol. The first-order chi connectivity index (χ1) is 14.6. The Kier molecular flexibility index (Phi) is 6.71. The summed E-state index contributed by atoms with van der Waals surface area (Å²) >= 11 is 5.95. The molecule has 0 saturated carbocycles. The summed E-state index contributed by atoms with van der Waals surface area (Å²) in [5.41, 5.74) is 5.09. The fraction of sp³-hybridized carbons (Fsp3) is 0.350. The lowest BCUT2D eigenvalue weighted by atomic mass is 10.00. The molecule has 1 aromatic heterocycles. The number of carbonyl (C=O) groups excluding carboxylic acids is 1. The van der Waals surface area contributed by atoms with E-state index in [1.54, 1.807) is 24.3 Å². The van der Waals surface area contributed by atoms with Gasteiger partial charge >= 0.3 is 6.18 Å². The van der Waals surface area contributed by atoms with E-state index in [1.165, 1.54) is 11.8 Å². The van der Waals surface area contributed by atoms with E-state index in [0.29, 0.717) is 30.1 Å². The molecular formula is C20H21ClF3N5O2. The van der Waals surface area contributed by atoms with Gasteiger partial charge in [-0.3, -0.25) is 10.2 Å². The van der Waals surface area contributed by atoms with Crippen LogP contribution in [-0.2, 0) is 17.5 Å². The number of nitrogens with zero attached hydrogens (tertiary/aromatic N) is 3. The topological polar surface area (TPSA) is 96.7 Å². The van der Waals surface area contributed by atoms with Crippen molar-refractivity contribution in [2.24, 2.45) is 10.7 Å². The molecule has 166 valence electrons. The number of aromatic nitrogens is 1. The highest BCUT2D eigenvalue weighted by atomic mass is 35.5. The maximum Gasteiger partial charge on any atom is 0.431 e. The summed E-state index contributed by atoms with van der Waals surface area (Å²) < 4.78 is 48.4. The van der Waals surface area contributed by atoms with Gasteiger partial charge < -0.3 is 19.9 Å². The number of morpholine rings is 1. The number of halogens is 4. The molecule has 1 aliphatic rings. The number of aliphatic imine (C=N–C) groups is 1. The number of benzene rings is 1. The summed E-state index contributed by atoms with van der Waals surface area (Å²) in [6.07, 6.45) is -4.11. The maximum absolute atomic E-state index is 14.1. The number of alkyl halides is 3. The quantitative estimate of drug-likeness (QED) is 0.532. The van der Waals surface area contributed by atoms with Gasteiger partial charge in [-0.1, -0.05) is 23.7 Å². The van der Waals surface area contributed by atoms with E-state index in [4.69, 9.17) is 27.5 Å². The second kappa shape index (κ2) is 9.11. The predicted molar refractivity (Wildman–Crippen MR) is 112 cm³/mol. The molecule has 7 nitrogen and oxygen atoms in total. The number of hydrogen-bond acceptors (Lipinski definition) is 3. The number of hydrogen-bond donors (Lipinski definition) is 2. The second-order valence-electron chi connectivity index (χ2n) is 6.94. The van der Waals surface area contributed by atoms with E-state index in [1.807, 2.05) is 0 Å². The van der Waals surface area contributed by atoms with Gasteiger partial charge in [0.05, 0.1) is 19.8 Å². The van der Waals surface area contributed by atoms with E-state index in [2.05, 4.69) is 4.99 Å². The van der Waals surface area contributed by atoms with Crippen molar-refractivity contribution in [3.63, 3.8) is 0 Å². The van der Waals surface area contributed by atoms with Gasteiger partial charge in [-0.2, -0.15) is 13.2 Å². The zero-order chi connectivity index (χ0) is 22.8. The van der Waals surface area contributed by atoms with E-state index in [-0.39, 0.29) is 35.7 Å². The third-order valence-corrected chi connectivity index (χ3v) is 5.21. The molecule has 0 bridgehead atoms. The van der Waals surface area contributed by atoms with Crippen LogP contribution < -0.4 is 5.73 Å². The van der Waals surface area contributed by atoms with Gasteiger partial charge in [-0.25, -0.2) is 4.99 Å². The van der Waals surface area contributed by atoms with Gasteiger partial charge in [-0.05, 0) is 30.2 Å². The lowest BCUT2D eigenvalue weighted by Gasteiger charge is -2.28. The SMILES string of the molecule is Cc1c(-c2ccc(Cl)cc2)c(C(=O)N2CCOCC2)n(CC(N)=NC=N)c1C(F)(F)F. The van der Waals surface area contributed by atoms with Crippen molar-refractivity contribution >= 4 is 29.7 Å². The Balaban J connectivity index is 2.31. The van der Waals surface area contributed by atoms with Crippen molar-refractivity contribution in [2.45, 2.75) is 19.6 Å². The van der Waals surface area contributed by atoms with Gasteiger partial charge in [0.1, 0.15) is 23.6 Å². The van der Waals surface area contributed by atoms with Gasteiger partial charge in [0.2, 0.25) is 0 Å². The highest BCUT2D eigenvalue weighted by molar-refractivity contribution is 6.30. The first-order valence-corrected chi connectivity index (χ1v) is 9.77. The molecule has 1 fully saturated rings. The highest BCUT2D eigenvalue weighted by Gasteiger charge is 2.42. The Morgan fingerprint density at radius 3 is 2.45 bits per heavy atom. The summed E-state index contributed by atoms with van der Waals surface area (Å²) in [6.45, 7) is 1.94. The summed E-state index contributed by atoms with van der Waals surface area (Å²) in [7, 11) is 0.